The summed E-state index contributed by atoms with van der Waals surface area (Å²) in [6.45, 7) is 2.13. The van der Waals surface area contributed by atoms with Crippen molar-refractivity contribution in [3.8, 4) is 0 Å². The van der Waals surface area contributed by atoms with Crippen LogP contribution in [0.5, 0.6) is 0 Å². The summed E-state index contributed by atoms with van der Waals surface area (Å²) < 4.78 is 14.5. The Kier molecular flexibility index (Phi) is 3.54. The number of hydrazine groups is 1. The van der Waals surface area contributed by atoms with Crippen molar-refractivity contribution in [3.05, 3.63) is 33.0 Å². The smallest absolute Gasteiger partial charge is 0.147 e. The van der Waals surface area contributed by atoms with E-state index in [0.29, 0.717) is 21.9 Å². The number of nitrogens with two attached hydrogens (primary N) is 1. The van der Waals surface area contributed by atoms with Crippen molar-refractivity contribution in [3.63, 3.8) is 0 Å². The first-order chi connectivity index (χ1) is 7.56. The Morgan fingerprint density at radius 3 is 2.75 bits per heavy atom. The van der Waals surface area contributed by atoms with Gasteiger partial charge in [-0.25, -0.2) is 4.39 Å². The normalized spacial score (nSPS) is 25.6. The largest absolute Gasteiger partial charge is 0.271 e. The Bertz CT molecular complexity index is 413. The first kappa shape index (κ1) is 12.3. The number of benzene rings is 1. The molecule has 1 saturated carbocycles. The van der Waals surface area contributed by atoms with Crippen LogP contribution in [0.3, 0.4) is 0 Å². The van der Waals surface area contributed by atoms with Crippen LogP contribution in [-0.2, 0) is 0 Å². The number of hydrogen-bond donors (Lipinski definition) is 2. The molecule has 1 aliphatic carbocycles. The van der Waals surface area contributed by atoms with Crippen LogP contribution in [0.2, 0.25) is 5.02 Å². The molecule has 0 bridgehead atoms. The third kappa shape index (κ3) is 2.12. The van der Waals surface area contributed by atoms with Crippen LogP contribution in [-0.4, -0.2) is 0 Å². The van der Waals surface area contributed by atoms with E-state index in [0.717, 1.165) is 6.42 Å². The number of hydrogen-bond acceptors (Lipinski definition) is 2. The number of nitrogens with one attached hydrogen (secondary N) is 1. The van der Waals surface area contributed by atoms with Gasteiger partial charge in [-0.2, -0.15) is 0 Å². The molecular weight excluding hydrogens is 294 g/mol. The fourth-order valence-corrected chi connectivity index (χ4v) is 2.52. The molecule has 0 spiro atoms. The number of halogens is 3. The fourth-order valence-electron chi connectivity index (χ4n) is 2.04. The van der Waals surface area contributed by atoms with E-state index >= 15 is 0 Å². The van der Waals surface area contributed by atoms with Crippen molar-refractivity contribution in [2.75, 3.05) is 0 Å². The van der Waals surface area contributed by atoms with Crippen molar-refractivity contribution in [2.45, 2.75) is 19.4 Å². The predicted molar refractivity (Wildman–Crippen MR) is 66.4 cm³/mol. The van der Waals surface area contributed by atoms with Gasteiger partial charge in [0.2, 0.25) is 0 Å². The quantitative estimate of drug-likeness (QED) is 0.510. The zero-order valence-electron chi connectivity index (χ0n) is 8.81. The molecule has 88 valence electrons. The highest BCUT2D eigenvalue weighted by atomic mass is 79.9. The molecule has 16 heavy (non-hydrogen) atoms. The fraction of sp³-hybridized carbons (Fsp3) is 0.455. The first-order valence-corrected chi connectivity index (χ1v) is 6.33. The standard InChI is InChI=1S/C11H13BrClFN2/c1-5-4-7(5)11(16-15)6-2-3-8(12)9(13)10(6)14/h2-3,5,7,11,16H,4,15H2,1H3. The van der Waals surface area contributed by atoms with Gasteiger partial charge in [-0.15, -0.1) is 0 Å². The third-order valence-corrected chi connectivity index (χ3v) is 4.44. The Morgan fingerprint density at radius 2 is 2.25 bits per heavy atom. The van der Waals surface area contributed by atoms with E-state index in [-0.39, 0.29) is 11.1 Å². The van der Waals surface area contributed by atoms with E-state index < -0.39 is 5.82 Å². The van der Waals surface area contributed by atoms with E-state index in [2.05, 4.69) is 28.3 Å². The van der Waals surface area contributed by atoms with Gasteiger partial charge in [0.05, 0.1) is 11.1 Å². The summed E-state index contributed by atoms with van der Waals surface area (Å²) in [7, 11) is 0. The summed E-state index contributed by atoms with van der Waals surface area (Å²) >= 11 is 9.05. The van der Waals surface area contributed by atoms with Gasteiger partial charge < -0.3 is 0 Å². The van der Waals surface area contributed by atoms with Crippen molar-refractivity contribution in [1.82, 2.24) is 5.43 Å². The molecule has 5 heteroatoms. The van der Waals surface area contributed by atoms with Gasteiger partial charge in [0.1, 0.15) is 5.82 Å². The van der Waals surface area contributed by atoms with Gasteiger partial charge >= 0.3 is 0 Å². The van der Waals surface area contributed by atoms with E-state index in [1.54, 1.807) is 12.1 Å². The zero-order chi connectivity index (χ0) is 11.9. The van der Waals surface area contributed by atoms with Crippen LogP contribution in [0.1, 0.15) is 24.9 Å². The molecule has 2 nitrogen and oxygen atoms in total. The Morgan fingerprint density at radius 1 is 1.62 bits per heavy atom. The molecule has 1 aromatic carbocycles. The minimum absolute atomic E-state index is 0.117. The summed E-state index contributed by atoms with van der Waals surface area (Å²) in [5.41, 5.74) is 3.23. The SMILES string of the molecule is CC1CC1C(NN)c1ccc(Br)c(Cl)c1F. The molecule has 1 aliphatic rings. The van der Waals surface area contributed by atoms with Gasteiger partial charge in [-0.3, -0.25) is 11.3 Å². The van der Waals surface area contributed by atoms with Crippen LogP contribution in [0, 0.1) is 17.7 Å². The summed E-state index contributed by atoms with van der Waals surface area (Å²) in [5.74, 6) is 6.09. The van der Waals surface area contributed by atoms with Crippen LogP contribution in [0.15, 0.2) is 16.6 Å². The average molecular weight is 308 g/mol. The highest BCUT2D eigenvalue weighted by Gasteiger charge is 2.41. The molecule has 0 saturated heterocycles. The Hall–Kier alpha value is -0.160. The third-order valence-electron chi connectivity index (χ3n) is 3.18. The maximum Gasteiger partial charge on any atom is 0.147 e. The van der Waals surface area contributed by atoms with E-state index in [1.165, 1.54) is 0 Å². The maximum absolute atomic E-state index is 14.0. The molecule has 0 radical (unpaired) electrons. The molecule has 3 atom stereocenters. The van der Waals surface area contributed by atoms with Gasteiger partial charge in [-0.05, 0) is 40.3 Å². The van der Waals surface area contributed by atoms with Crippen LogP contribution >= 0.6 is 27.5 Å². The molecular formula is C11H13BrClFN2. The molecule has 1 aromatic rings. The van der Waals surface area contributed by atoms with Gasteiger partial charge in [-0.1, -0.05) is 24.6 Å². The highest BCUT2D eigenvalue weighted by molar-refractivity contribution is 9.10. The van der Waals surface area contributed by atoms with E-state index in [4.69, 9.17) is 17.4 Å². The Labute approximate surface area is 107 Å². The van der Waals surface area contributed by atoms with Gasteiger partial charge in [0, 0.05) is 10.0 Å². The molecule has 1 fully saturated rings. The lowest BCUT2D eigenvalue weighted by Crippen LogP contribution is -2.30. The van der Waals surface area contributed by atoms with Crippen LogP contribution in [0.25, 0.3) is 0 Å². The molecule has 2 rings (SSSR count). The lowest BCUT2D eigenvalue weighted by atomic mass is 10.0. The van der Waals surface area contributed by atoms with E-state index in [9.17, 15) is 4.39 Å². The Balaban J connectivity index is 2.35. The van der Waals surface area contributed by atoms with Gasteiger partial charge in [0.15, 0.2) is 0 Å². The van der Waals surface area contributed by atoms with Crippen molar-refractivity contribution < 1.29 is 4.39 Å². The van der Waals surface area contributed by atoms with Crippen molar-refractivity contribution in [1.29, 1.82) is 0 Å². The van der Waals surface area contributed by atoms with Crippen LogP contribution in [0.4, 0.5) is 4.39 Å². The molecule has 0 amide bonds. The predicted octanol–water partition coefficient (Wildman–Crippen LogP) is 3.40. The van der Waals surface area contributed by atoms with E-state index in [1.807, 2.05) is 0 Å². The average Bonchev–Trinajstić information content (AvgIpc) is 2.97. The minimum atomic E-state index is -0.391. The minimum Gasteiger partial charge on any atom is -0.271 e. The number of rotatable bonds is 3. The second-order valence-electron chi connectivity index (χ2n) is 4.29. The topological polar surface area (TPSA) is 38.0 Å². The maximum atomic E-state index is 14.0. The summed E-state index contributed by atoms with van der Waals surface area (Å²) in [6, 6.07) is 3.32. The lowest BCUT2D eigenvalue weighted by molar-refractivity contribution is 0.452. The summed E-state index contributed by atoms with van der Waals surface area (Å²) in [4.78, 5) is 0. The molecule has 0 aliphatic heterocycles. The monoisotopic (exact) mass is 306 g/mol. The molecule has 3 unspecified atom stereocenters. The van der Waals surface area contributed by atoms with Crippen molar-refractivity contribution in [2.24, 2.45) is 17.7 Å². The van der Waals surface area contributed by atoms with Crippen LogP contribution < -0.4 is 11.3 Å². The molecule has 0 aromatic heterocycles. The first-order valence-electron chi connectivity index (χ1n) is 5.15. The molecule has 3 N–H and O–H groups in total. The second-order valence-corrected chi connectivity index (χ2v) is 5.52. The lowest BCUT2D eigenvalue weighted by Gasteiger charge is -2.17. The van der Waals surface area contributed by atoms with Crippen molar-refractivity contribution >= 4 is 27.5 Å². The summed E-state index contributed by atoms with van der Waals surface area (Å²) in [5, 5.41) is 0.117. The zero-order valence-corrected chi connectivity index (χ0v) is 11.1. The van der Waals surface area contributed by atoms with Gasteiger partial charge in [0.25, 0.3) is 0 Å². The highest BCUT2D eigenvalue weighted by Crippen LogP contribution is 2.47. The second kappa shape index (κ2) is 4.61. The molecule has 0 heterocycles. The summed E-state index contributed by atoms with van der Waals surface area (Å²) in [6.07, 6.45) is 1.07.